The number of rotatable bonds is 19. The largest absolute Gasteiger partial charge is 0.484 e. The van der Waals surface area contributed by atoms with E-state index < -0.39 is 53.9 Å². The van der Waals surface area contributed by atoms with Crippen molar-refractivity contribution < 1.29 is 42.6 Å². The van der Waals surface area contributed by atoms with E-state index in [-0.39, 0.29) is 5.91 Å². The van der Waals surface area contributed by atoms with Gasteiger partial charge in [0.15, 0.2) is 12.9 Å². The molecule has 13 nitrogen and oxygen atoms in total. The summed E-state index contributed by atoms with van der Waals surface area (Å²) in [6.45, 7) is 0.747. The van der Waals surface area contributed by atoms with Crippen molar-refractivity contribution in [3.63, 3.8) is 0 Å². The zero-order valence-electron chi connectivity index (χ0n) is 27.6. The maximum atomic E-state index is 12.9. The van der Waals surface area contributed by atoms with Crippen LogP contribution in [0.15, 0.2) is 72.9 Å². The molecule has 1 atom stereocenters. The molecule has 0 aliphatic carbocycles. The molecule has 1 unspecified atom stereocenters. The molecule has 268 valence electrons. The van der Waals surface area contributed by atoms with E-state index in [4.69, 9.17) is 14.3 Å². The van der Waals surface area contributed by atoms with Gasteiger partial charge in [0, 0.05) is 30.9 Å². The molecule has 0 fully saturated rings. The van der Waals surface area contributed by atoms with Crippen LogP contribution in [0.3, 0.4) is 0 Å². The number of unbranched alkanes of at least 4 members (excludes halogenated alkanes) is 3. The Morgan fingerprint density at radius 2 is 1.76 bits per heavy atom. The van der Waals surface area contributed by atoms with Gasteiger partial charge < -0.3 is 35.3 Å². The van der Waals surface area contributed by atoms with Crippen LogP contribution in [-0.4, -0.2) is 99.4 Å². The Morgan fingerprint density at radius 3 is 2.38 bits per heavy atom. The number of H-pyrrole nitrogens is 1. The number of aliphatic hydroxyl groups excluding tert-OH is 2. The number of aromatic nitrogens is 2. The molecule has 2 aromatic heterocycles. The van der Waals surface area contributed by atoms with E-state index in [2.05, 4.69) is 17.2 Å². The van der Waals surface area contributed by atoms with Gasteiger partial charge in [-0.05, 0) is 60.0 Å². The second-order valence-corrected chi connectivity index (χ2v) is 14.0. The van der Waals surface area contributed by atoms with E-state index in [1.54, 1.807) is 30.3 Å². The van der Waals surface area contributed by atoms with Crippen LogP contribution in [0.4, 0.5) is 0 Å². The number of aliphatic hydroxyl groups is 3. The van der Waals surface area contributed by atoms with E-state index in [0.29, 0.717) is 18.0 Å². The fourth-order valence-electron chi connectivity index (χ4n) is 5.01. The molecule has 4 rings (SSSR count). The average Bonchev–Trinajstić information content (AvgIpc) is 3.79. The summed E-state index contributed by atoms with van der Waals surface area (Å²) in [7, 11) is -4.47. The highest BCUT2D eigenvalue weighted by Crippen LogP contribution is 2.40. The zero-order chi connectivity index (χ0) is 36.1. The second kappa shape index (κ2) is 18.6. The van der Waals surface area contributed by atoms with Crippen LogP contribution in [-0.2, 0) is 19.7 Å². The predicted molar refractivity (Wildman–Crippen MR) is 192 cm³/mol. The Balaban J connectivity index is 1.49. The monoisotopic (exact) mass is 726 g/mol. The standard InChI is InChI=1S/C35H42N4O9S2/c1-2-3-4-5-18-37-30(41)17-10-24-8-11-26(12-9-24)33-32(38-34(49-33)28-7-6-19-36-28)25-13-15-27(16-14-25)48-23-31(42)39(20-21-50(45,46)47)29(22-40)35(43)44/h6-17,19,29,35-36,40,43-44H,2-5,18,20-23H2,1H3,(H,37,41)(H,45,46,47). The topological polar surface area (TPSA) is 202 Å². The lowest BCUT2D eigenvalue weighted by Gasteiger charge is -2.31. The van der Waals surface area contributed by atoms with Gasteiger partial charge in [0.05, 0.1) is 28.6 Å². The minimum Gasteiger partial charge on any atom is -0.484 e. The van der Waals surface area contributed by atoms with Crippen molar-refractivity contribution in [2.75, 3.05) is 32.1 Å². The first-order valence-electron chi connectivity index (χ1n) is 16.1. The third-order valence-corrected chi connectivity index (χ3v) is 9.55. The van der Waals surface area contributed by atoms with Crippen LogP contribution in [0.25, 0.3) is 38.5 Å². The highest BCUT2D eigenvalue weighted by Gasteiger charge is 2.29. The molecular formula is C35H42N4O9S2. The number of nitrogens with zero attached hydrogens (tertiary/aromatic N) is 2. The van der Waals surface area contributed by atoms with Crippen LogP contribution in [0.2, 0.25) is 0 Å². The molecule has 50 heavy (non-hydrogen) atoms. The van der Waals surface area contributed by atoms with E-state index >= 15 is 0 Å². The van der Waals surface area contributed by atoms with Gasteiger partial charge in [-0.15, -0.1) is 11.3 Å². The molecule has 0 radical (unpaired) electrons. The van der Waals surface area contributed by atoms with Crippen molar-refractivity contribution in [3.05, 3.63) is 78.5 Å². The van der Waals surface area contributed by atoms with Gasteiger partial charge in [0.2, 0.25) is 5.91 Å². The molecular weight excluding hydrogens is 685 g/mol. The highest BCUT2D eigenvalue weighted by atomic mass is 32.2. The first kappa shape index (κ1) is 38.4. The van der Waals surface area contributed by atoms with Crippen molar-refractivity contribution in [2.24, 2.45) is 0 Å². The van der Waals surface area contributed by atoms with Gasteiger partial charge in [0.1, 0.15) is 16.8 Å². The molecule has 0 saturated heterocycles. The van der Waals surface area contributed by atoms with Crippen LogP contribution < -0.4 is 10.1 Å². The molecule has 0 saturated carbocycles. The second-order valence-electron chi connectivity index (χ2n) is 11.4. The lowest BCUT2D eigenvalue weighted by molar-refractivity contribution is -0.152. The number of ether oxygens (including phenoxy) is 1. The predicted octanol–water partition coefficient (Wildman–Crippen LogP) is 3.95. The summed E-state index contributed by atoms with van der Waals surface area (Å²) in [5, 5.41) is 32.4. The van der Waals surface area contributed by atoms with Crippen molar-refractivity contribution in [3.8, 4) is 38.1 Å². The Kier molecular flexibility index (Phi) is 14.3. The van der Waals surface area contributed by atoms with Gasteiger partial charge in [-0.3, -0.25) is 14.1 Å². The third kappa shape index (κ3) is 11.3. The summed E-state index contributed by atoms with van der Waals surface area (Å²) >= 11 is 1.51. The Hall–Kier alpha value is -4.38. The smallest absolute Gasteiger partial charge is 0.266 e. The fraction of sp³-hybridized carbons (Fsp3) is 0.343. The van der Waals surface area contributed by atoms with Crippen LogP contribution >= 0.6 is 11.3 Å². The van der Waals surface area contributed by atoms with Gasteiger partial charge in [0.25, 0.3) is 16.0 Å². The van der Waals surface area contributed by atoms with Crippen molar-refractivity contribution >= 4 is 39.3 Å². The molecule has 15 heteroatoms. The molecule has 6 N–H and O–H groups in total. The van der Waals surface area contributed by atoms with Crippen molar-refractivity contribution in [1.82, 2.24) is 20.2 Å². The van der Waals surface area contributed by atoms with Crippen molar-refractivity contribution in [2.45, 2.75) is 44.9 Å². The fourth-order valence-corrected chi connectivity index (χ4v) is 6.52. The molecule has 2 heterocycles. The number of hydrogen-bond donors (Lipinski definition) is 6. The summed E-state index contributed by atoms with van der Waals surface area (Å²) in [5.74, 6) is -1.53. The van der Waals surface area contributed by atoms with E-state index in [9.17, 15) is 33.3 Å². The first-order chi connectivity index (χ1) is 24.0. The lowest BCUT2D eigenvalue weighted by atomic mass is 10.0. The van der Waals surface area contributed by atoms with E-state index in [1.807, 2.05) is 42.6 Å². The van der Waals surface area contributed by atoms with E-state index in [1.165, 1.54) is 17.4 Å². The molecule has 2 aromatic carbocycles. The number of amides is 2. The Labute approximate surface area is 295 Å². The summed E-state index contributed by atoms with van der Waals surface area (Å²) in [6.07, 6.45) is 7.33. The number of carbonyl (C=O) groups is 2. The normalized spacial score (nSPS) is 12.4. The molecule has 4 aromatic rings. The van der Waals surface area contributed by atoms with Crippen LogP contribution in [0.5, 0.6) is 5.75 Å². The van der Waals surface area contributed by atoms with E-state index in [0.717, 1.165) is 62.9 Å². The minimum atomic E-state index is -4.47. The summed E-state index contributed by atoms with van der Waals surface area (Å²) in [6, 6.07) is 16.9. The first-order valence-corrected chi connectivity index (χ1v) is 18.6. The number of hydrogen-bond acceptors (Lipinski definition) is 10. The molecule has 0 bridgehead atoms. The van der Waals surface area contributed by atoms with Gasteiger partial charge in [-0.25, -0.2) is 4.98 Å². The van der Waals surface area contributed by atoms with Crippen LogP contribution in [0, 0.1) is 0 Å². The summed E-state index contributed by atoms with van der Waals surface area (Å²) < 4.78 is 37.2. The number of thiazole rings is 1. The molecule has 2 amide bonds. The number of carbonyl (C=O) groups excluding carboxylic acids is 2. The van der Waals surface area contributed by atoms with Crippen molar-refractivity contribution in [1.29, 1.82) is 0 Å². The molecule has 0 aliphatic rings. The average molecular weight is 727 g/mol. The number of benzene rings is 2. The SMILES string of the molecule is CCCCCCNC(=O)C=Cc1ccc(-c2sc(-c3ccc[nH]3)nc2-c2ccc(OCC(=O)N(CCS(=O)(=O)O)C(CO)C(O)O)cc2)cc1. The third-order valence-electron chi connectivity index (χ3n) is 7.72. The number of nitrogens with one attached hydrogen (secondary N) is 2. The molecule has 0 spiro atoms. The van der Waals surface area contributed by atoms with Gasteiger partial charge in [-0.2, -0.15) is 8.42 Å². The Bertz CT molecular complexity index is 1810. The highest BCUT2D eigenvalue weighted by molar-refractivity contribution is 7.85. The Morgan fingerprint density at radius 1 is 1.04 bits per heavy atom. The number of aromatic amines is 1. The van der Waals surface area contributed by atoms with Gasteiger partial charge >= 0.3 is 0 Å². The quantitative estimate of drug-likeness (QED) is 0.0356. The van der Waals surface area contributed by atoms with Crippen LogP contribution in [0.1, 0.15) is 38.2 Å². The maximum Gasteiger partial charge on any atom is 0.266 e. The zero-order valence-corrected chi connectivity index (χ0v) is 29.2. The maximum absolute atomic E-state index is 12.9. The molecule has 0 aliphatic heterocycles. The van der Waals surface area contributed by atoms with Gasteiger partial charge in [-0.1, -0.05) is 50.5 Å². The summed E-state index contributed by atoms with van der Waals surface area (Å²) in [5.41, 5.74) is 4.14. The lowest BCUT2D eigenvalue weighted by Crippen LogP contribution is -2.52. The summed E-state index contributed by atoms with van der Waals surface area (Å²) in [4.78, 5) is 34.8. The minimum absolute atomic E-state index is 0.129.